The zero-order valence-electron chi connectivity index (χ0n) is 16.9. The lowest BCUT2D eigenvalue weighted by Crippen LogP contribution is -2.39. The Bertz CT molecular complexity index is 763. The molecule has 1 fully saturated rings. The molecule has 1 heterocycles. The molecule has 0 radical (unpaired) electrons. The Kier molecular flexibility index (Phi) is 9.32. The Labute approximate surface area is 179 Å². The number of halogens is 3. The predicted molar refractivity (Wildman–Crippen MR) is 114 cm³/mol. The van der Waals surface area contributed by atoms with E-state index in [4.69, 9.17) is 0 Å². The lowest BCUT2D eigenvalue weighted by Gasteiger charge is -2.30. The Morgan fingerprint density at radius 1 is 1.07 bits per heavy atom. The second kappa shape index (κ2) is 11.7. The molecule has 1 amide bonds. The summed E-state index contributed by atoms with van der Waals surface area (Å²) in [4.78, 5) is 11.6. The van der Waals surface area contributed by atoms with Gasteiger partial charge in [0, 0.05) is 36.8 Å². The lowest BCUT2D eigenvalue weighted by molar-refractivity contribution is -0.274. The van der Waals surface area contributed by atoms with E-state index in [1.807, 2.05) is 11.9 Å². The van der Waals surface area contributed by atoms with Gasteiger partial charge in [-0.15, -0.1) is 13.2 Å². The second-order valence-corrected chi connectivity index (χ2v) is 7.88. The molecular formula is C21H26F3N3O2S. The van der Waals surface area contributed by atoms with E-state index in [2.05, 4.69) is 50.9 Å². The molecule has 3 rings (SSSR count). The van der Waals surface area contributed by atoms with Gasteiger partial charge in [0.25, 0.3) is 0 Å². The van der Waals surface area contributed by atoms with Crippen LogP contribution in [0.2, 0.25) is 0 Å². The molecule has 0 aliphatic carbocycles. The first kappa shape index (κ1) is 23.9. The molecule has 0 spiro atoms. The first-order valence-electron chi connectivity index (χ1n) is 9.52. The summed E-state index contributed by atoms with van der Waals surface area (Å²) in [5, 5.41) is 5.64. The highest BCUT2D eigenvalue weighted by Crippen LogP contribution is 2.26. The maximum atomic E-state index is 11.7. The molecule has 0 unspecified atom stereocenters. The van der Waals surface area contributed by atoms with E-state index in [-0.39, 0.29) is 5.75 Å². The Morgan fingerprint density at radius 3 is 2.17 bits per heavy atom. The summed E-state index contributed by atoms with van der Waals surface area (Å²) in [6, 6.07) is 14.5. The fourth-order valence-corrected chi connectivity index (χ4v) is 3.73. The van der Waals surface area contributed by atoms with Crippen molar-refractivity contribution in [2.45, 2.75) is 37.1 Å². The van der Waals surface area contributed by atoms with E-state index < -0.39 is 6.36 Å². The van der Waals surface area contributed by atoms with Crippen LogP contribution in [0.25, 0.3) is 0 Å². The van der Waals surface area contributed by atoms with Gasteiger partial charge in [-0.25, -0.2) is 4.31 Å². The first-order valence-corrected chi connectivity index (χ1v) is 10.3. The SMILES string of the molecule is CNc1ccc(OC(F)(F)F)cc1.Cc1ccc(SN2CCC(NC=O)CC2)cc1. The number of alkyl halides is 3. The van der Waals surface area contributed by atoms with E-state index in [0.717, 1.165) is 38.0 Å². The van der Waals surface area contributed by atoms with E-state index in [9.17, 15) is 18.0 Å². The van der Waals surface area contributed by atoms with Gasteiger partial charge in [0.15, 0.2) is 0 Å². The number of hydrogen-bond donors (Lipinski definition) is 2. The van der Waals surface area contributed by atoms with Crippen LogP contribution >= 0.6 is 11.9 Å². The third-order valence-corrected chi connectivity index (χ3v) is 5.50. The Balaban J connectivity index is 0.000000222. The monoisotopic (exact) mass is 441 g/mol. The average molecular weight is 442 g/mol. The normalized spacial score (nSPS) is 15.0. The number of carbonyl (C=O) groups is 1. The number of piperidine rings is 1. The highest BCUT2D eigenvalue weighted by atomic mass is 32.2. The van der Waals surface area contributed by atoms with Gasteiger partial charge >= 0.3 is 6.36 Å². The van der Waals surface area contributed by atoms with E-state index in [1.165, 1.54) is 34.7 Å². The summed E-state index contributed by atoms with van der Waals surface area (Å²) in [7, 11) is 1.68. The van der Waals surface area contributed by atoms with Crippen molar-refractivity contribution in [3.05, 3.63) is 54.1 Å². The van der Waals surface area contributed by atoms with Crippen LogP contribution in [0.4, 0.5) is 18.9 Å². The van der Waals surface area contributed by atoms with Crippen molar-refractivity contribution < 1.29 is 22.7 Å². The minimum absolute atomic E-state index is 0.216. The molecule has 1 aliphatic rings. The molecule has 0 aromatic heterocycles. The summed E-state index contributed by atoms with van der Waals surface area (Å²) in [5.41, 5.74) is 2.03. The molecule has 0 bridgehead atoms. The van der Waals surface area contributed by atoms with Crippen LogP contribution in [0.5, 0.6) is 5.75 Å². The number of hydrogen-bond acceptors (Lipinski definition) is 5. The molecule has 0 saturated carbocycles. The Morgan fingerprint density at radius 2 is 1.67 bits per heavy atom. The largest absolute Gasteiger partial charge is 0.573 e. The van der Waals surface area contributed by atoms with Crippen molar-refractivity contribution >= 4 is 24.0 Å². The number of rotatable bonds is 6. The number of carbonyl (C=O) groups excluding carboxylic acids is 1. The molecule has 2 aromatic rings. The highest BCUT2D eigenvalue weighted by Gasteiger charge is 2.30. The number of nitrogens with zero attached hydrogens (tertiary/aromatic N) is 1. The number of nitrogens with one attached hydrogen (secondary N) is 2. The number of ether oxygens (including phenoxy) is 1. The smallest absolute Gasteiger partial charge is 0.406 e. The van der Waals surface area contributed by atoms with Crippen LogP contribution in [-0.2, 0) is 4.79 Å². The molecule has 164 valence electrons. The summed E-state index contributed by atoms with van der Waals surface area (Å²) in [6.45, 7) is 4.17. The number of benzene rings is 2. The summed E-state index contributed by atoms with van der Waals surface area (Å²) in [6.07, 6.45) is -1.73. The van der Waals surface area contributed by atoms with Crippen molar-refractivity contribution in [3.8, 4) is 5.75 Å². The van der Waals surface area contributed by atoms with Crippen LogP contribution in [-0.4, -0.2) is 43.3 Å². The maximum absolute atomic E-state index is 11.7. The number of anilines is 1. The van der Waals surface area contributed by atoms with Crippen molar-refractivity contribution in [1.82, 2.24) is 9.62 Å². The second-order valence-electron chi connectivity index (χ2n) is 6.71. The van der Waals surface area contributed by atoms with Gasteiger partial charge in [-0.05, 0) is 68.1 Å². The maximum Gasteiger partial charge on any atom is 0.573 e. The van der Waals surface area contributed by atoms with Gasteiger partial charge < -0.3 is 15.4 Å². The first-order chi connectivity index (χ1) is 14.3. The van der Waals surface area contributed by atoms with Crippen molar-refractivity contribution in [2.24, 2.45) is 0 Å². The summed E-state index contributed by atoms with van der Waals surface area (Å²) < 4.78 is 41.1. The van der Waals surface area contributed by atoms with E-state index in [1.54, 1.807) is 7.05 Å². The van der Waals surface area contributed by atoms with E-state index in [0.29, 0.717) is 6.04 Å². The van der Waals surface area contributed by atoms with Gasteiger partial charge in [-0.3, -0.25) is 4.79 Å². The van der Waals surface area contributed by atoms with Crippen molar-refractivity contribution in [2.75, 3.05) is 25.5 Å². The molecule has 2 N–H and O–H groups in total. The minimum atomic E-state index is -4.62. The highest BCUT2D eigenvalue weighted by molar-refractivity contribution is 7.97. The molecule has 30 heavy (non-hydrogen) atoms. The van der Waals surface area contributed by atoms with E-state index >= 15 is 0 Å². The van der Waals surface area contributed by atoms with Gasteiger partial charge in [0.05, 0.1) is 0 Å². The molecule has 1 aliphatic heterocycles. The fourth-order valence-electron chi connectivity index (χ4n) is 2.78. The van der Waals surface area contributed by atoms with Crippen molar-refractivity contribution in [1.29, 1.82) is 0 Å². The van der Waals surface area contributed by atoms with Crippen LogP contribution < -0.4 is 15.4 Å². The zero-order chi connectivity index (χ0) is 22.0. The number of amides is 1. The van der Waals surface area contributed by atoms with Crippen LogP contribution in [0.1, 0.15) is 18.4 Å². The van der Waals surface area contributed by atoms with Gasteiger partial charge in [0.2, 0.25) is 6.41 Å². The van der Waals surface area contributed by atoms with Gasteiger partial charge in [-0.2, -0.15) is 0 Å². The van der Waals surface area contributed by atoms with Crippen molar-refractivity contribution in [3.63, 3.8) is 0 Å². The zero-order valence-corrected chi connectivity index (χ0v) is 17.7. The molecule has 1 saturated heterocycles. The van der Waals surface area contributed by atoms with Gasteiger partial charge in [0.1, 0.15) is 5.75 Å². The van der Waals surface area contributed by atoms with Gasteiger partial charge in [-0.1, -0.05) is 17.7 Å². The van der Waals surface area contributed by atoms with Crippen LogP contribution in [0.15, 0.2) is 53.4 Å². The Hall–Kier alpha value is -2.39. The quantitative estimate of drug-likeness (QED) is 0.496. The molecule has 2 aromatic carbocycles. The molecule has 9 heteroatoms. The third kappa shape index (κ3) is 8.96. The number of aryl methyl sites for hydroxylation is 1. The topological polar surface area (TPSA) is 53.6 Å². The predicted octanol–water partition coefficient (Wildman–Crippen LogP) is 4.84. The standard InChI is InChI=1S/C13H18N2OS.C8H8F3NO/c1-11-2-4-13(5-3-11)17-15-8-6-12(7-9-15)14-10-16;1-12-6-2-4-7(5-3-6)13-8(9,10)11/h2-5,10,12H,6-9H2,1H3,(H,14,16);2-5,12H,1H3. The lowest BCUT2D eigenvalue weighted by atomic mass is 10.1. The molecular weight excluding hydrogens is 415 g/mol. The summed E-state index contributed by atoms with van der Waals surface area (Å²) >= 11 is 1.81. The fraction of sp³-hybridized carbons (Fsp3) is 0.381. The molecule has 0 atom stereocenters. The minimum Gasteiger partial charge on any atom is -0.406 e. The summed E-state index contributed by atoms with van der Waals surface area (Å²) in [5.74, 6) is -0.216. The van der Waals surface area contributed by atoms with Crippen LogP contribution in [0, 0.1) is 6.92 Å². The average Bonchev–Trinajstić information content (AvgIpc) is 2.71. The third-order valence-electron chi connectivity index (χ3n) is 4.39. The molecule has 5 nitrogen and oxygen atoms in total. The van der Waals surface area contributed by atoms with Crippen LogP contribution in [0.3, 0.4) is 0 Å².